The quantitative estimate of drug-likeness (QED) is 0.486. The van der Waals surface area contributed by atoms with E-state index in [4.69, 9.17) is 21.4 Å². The van der Waals surface area contributed by atoms with E-state index in [1.165, 1.54) is 12.1 Å². The maximum Gasteiger partial charge on any atom is 0.336 e. The molecule has 0 aliphatic carbocycles. The molecule has 0 aliphatic rings. The summed E-state index contributed by atoms with van der Waals surface area (Å²) in [6.07, 6.45) is 1.54. The summed E-state index contributed by atoms with van der Waals surface area (Å²) in [5.41, 5.74) is 0. The standard InChI is InChI=1S/C10H7ClO4/c11-7-1-3-8(4-2-7)15-10(14)6-5-9(12)13/h1-6H,(H,12,13)/b6-5-. The molecule has 0 saturated heterocycles. The SMILES string of the molecule is O=C(O)/C=C\C(=O)Oc1ccc(Cl)cc1. The van der Waals surface area contributed by atoms with Crippen molar-refractivity contribution < 1.29 is 19.4 Å². The second-order valence-electron chi connectivity index (χ2n) is 2.55. The van der Waals surface area contributed by atoms with E-state index in [0.717, 1.165) is 6.08 Å². The molecule has 0 atom stereocenters. The highest BCUT2D eigenvalue weighted by Gasteiger charge is 2.00. The molecule has 78 valence electrons. The minimum Gasteiger partial charge on any atom is -0.478 e. The number of hydrogen-bond acceptors (Lipinski definition) is 3. The Morgan fingerprint density at radius 1 is 1.20 bits per heavy atom. The first kappa shape index (κ1) is 11.3. The highest BCUT2D eigenvalue weighted by Crippen LogP contribution is 2.15. The first-order valence-electron chi connectivity index (χ1n) is 3.96. The van der Waals surface area contributed by atoms with Gasteiger partial charge in [-0.05, 0) is 24.3 Å². The fourth-order valence-corrected chi connectivity index (χ4v) is 0.918. The van der Waals surface area contributed by atoms with E-state index in [0.29, 0.717) is 16.8 Å². The summed E-state index contributed by atoms with van der Waals surface area (Å²) in [5.74, 6) is -1.65. The molecule has 1 aromatic rings. The number of rotatable bonds is 3. The average Bonchev–Trinajstić information content (AvgIpc) is 2.19. The fourth-order valence-electron chi connectivity index (χ4n) is 0.792. The van der Waals surface area contributed by atoms with Crippen LogP contribution in [0.1, 0.15) is 0 Å². The second kappa shape index (κ2) is 5.17. The molecule has 0 aromatic heterocycles. The Labute approximate surface area is 90.7 Å². The molecule has 1 N–H and O–H groups in total. The molecule has 0 saturated carbocycles. The van der Waals surface area contributed by atoms with E-state index < -0.39 is 11.9 Å². The number of esters is 1. The van der Waals surface area contributed by atoms with Crippen molar-refractivity contribution in [3.05, 3.63) is 41.4 Å². The number of carbonyl (C=O) groups excluding carboxylic acids is 1. The normalized spacial score (nSPS) is 10.2. The van der Waals surface area contributed by atoms with Crippen molar-refractivity contribution in [1.29, 1.82) is 0 Å². The molecule has 1 rings (SSSR count). The molecule has 0 aliphatic heterocycles. The average molecular weight is 227 g/mol. The topological polar surface area (TPSA) is 63.6 Å². The fraction of sp³-hybridized carbons (Fsp3) is 0. The molecular formula is C10H7ClO4. The summed E-state index contributed by atoms with van der Waals surface area (Å²) in [7, 11) is 0. The number of aliphatic carboxylic acids is 1. The van der Waals surface area contributed by atoms with E-state index in [2.05, 4.69) is 0 Å². The minimum atomic E-state index is -1.21. The number of hydrogen-bond donors (Lipinski definition) is 1. The lowest BCUT2D eigenvalue weighted by atomic mass is 10.3. The molecule has 0 fully saturated rings. The number of benzene rings is 1. The Morgan fingerprint density at radius 3 is 2.33 bits per heavy atom. The lowest BCUT2D eigenvalue weighted by Gasteiger charge is -1.99. The summed E-state index contributed by atoms with van der Waals surface area (Å²) in [6.45, 7) is 0. The maximum atomic E-state index is 11.0. The third kappa shape index (κ3) is 4.28. The number of ether oxygens (including phenoxy) is 1. The van der Waals surface area contributed by atoms with Crippen molar-refractivity contribution in [3.63, 3.8) is 0 Å². The van der Waals surface area contributed by atoms with Gasteiger partial charge in [0, 0.05) is 17.2 Å². The van der Waals surface area contributed by atoms with Gasteiger partial charge in [-0.25, -0.2) is 9.59 Å². The smallest absolute Gasteiger partial charge is 0.336 e. The van der Waals surface area contributed by atoms with Crippen LogP contribution in [0.15, 0.2) is 36.4 Å². The second-order valence-corrected chi connectivity index (χ2v) is 2.98. The summed E-state index contributed by atoms with van der Waals surface area (Å²) in [6, 6.07) is 6.14. The van der Waals surface area contributed by atoms with Crippen molar-refractivity contribution >= 4 is 23.5 Å². The predicted octanol–water partition coefficient (Wildman–Crippen LogP) is 1.89. The van der Waals surface area contributed by atoms with Crippen molar-refractivity contribution in [2.75, 3.05) is 0 Å². The Kier molecular flexibility index (Phi) is 3.88. The molecule has 0 bridgehead atoms. The number of carboxylic acids is 1. The van der Waals surface area contributed by atoms with Gasteiger partial charge in [0.25, 0.3) is 0 Å². The molecule has 0 spiro atoms. The van der Waals surface area contributed by atoms with Crippen molar-refractivity contribution in [2.45, 2.75) is 0 Å². The van der Waals surface area contributed by atoms with Crippen molar-refractivity contribution in [3.8, 4) is 5.75 Å². The Morgan fingerprint density at radius 2 is 1.80 bits per heavy atom. The summed E-state index contributed by atoms with van der Waals surface area (Å²) in [5, 5.41) is 8.78. The van der Waals surface area contributed by atoms with Gasteiger partial charge in [-0.3, -0.25) is 0 Å². The van der Waals surface area contributed by atoms with Crippen LogP contribution in [0.2, 0.25) is 5.02 Å². The zero-order valence-corrected chi connectivity index (χ0v) is 8.27. The summed E-state index contributed by atoms with van der Waals surface area (Å²) >= 11 is 5.62. The van der Waals surface area contributed by atoms with Gasteiger partial charge in [-0.1, -0.05) is 11.6 Å². The van der Waals surface area contributed by atoms with Crippen LogP contribution < -0.4 is 4.74 Å². The molecule has 0 unspecified atom stereocenters. The molecule has 0 amide bonds. The van der Waals surface area contributed by atoms with Crippen LogP contribution in [0.3, 0.4) is 0 Å². The van der Waals surface area contributed by atoms with Crippen LogP contribution in [-0.4, -0.2) is 17.0 Å². The molecule has 15 heavy (non-hydrogen) atoms. The van der Waals surface area contributed by atoms with E-state index in [1.54, 1.807) is 12.1 Å². The van der Waals surface area contributed by atoms with Gasteiger partial charge in [-0.15, -0.1) is 0 Å². The van der Waals surface area contributed by atoms with E-state index in [9.17, 15) is 9.59 Å². The summed E-state index contributed by atoms with van der Waals surface area (Å²) in [4.78, 5) is 21.1. The van der Waals surface area contributed by atoms with Crippen molar-refractivity contribution in [1.82, 2.24) is 0 Å². The number of carbonyl (C=O) groups is 2. The van der Waals surface area contributed by atoms with Crippen LogP contribution in [-0.2, 0) is 9.59 Å². The van der Waals surface area contributed by atoms with Crippen LogP contribution >= 0.6 is 11.6 Å². The molecule has 0 radical (unpaired) electrons. The van der Waals surface area contributed by atoms with Gasteiger partial charge in [0.2, 0.25) is 0 Å². The first-order valence-corrected chi connectivity index (χ1v) is 4.34. The van der Waals surface area contributed by atoms with Crippen LogP contribution in [0.25, 0.3) is 0 Å². The van der Waals surface area contributed by atoms with Gasteiger partial charge < -0.3 is 9.84 Å². The Hall–Kier alpha value is -1.81. The van der Waals surface area contributed by atoms with E-state index in [1.807, 2.05) is 0 Å². The first-order chi connectivity index (χ1) is 7.08. The highest BCUT2D eigenvalue weighted by molar-refractivity contribution is 6.30. The monoisotopic (exact) mass is 226 g/mol. The largest absolute Gasteiger partial charge is 0.478 e. The lowest BCUT2D eigenvalue weighted by molar-refractivity contribution is -0.133. The van der Waals surface area contributed by atoms with Gasteiger partial charge in [-0.2, -0.15) is 0 Å². The summed E-state index contributed by atoms with van der Waals surface area (Å²) < 4.78 is 4.77. The molecular weight excluding hydrogens is 220 g/mol. The maximum absolute atomic E-state index is 11.0. The Bertz CT molecular complexity index is 394. The molecule has 0 heterocycles. The van der Waals surface area contributed by atoms with Crippen LogP contribution in [0.4, 0.5) is 0 Å². The Balaban J connectivity index is 2.59. The third-order valence-electron chi connectivity index (χ3n) is 1.39. The lowest BCUT2D eigenvalue weighted by Crippen LogP contribution is -2.04. The zero-order chi connectivity index (χ0) is 11.3. The van der Waals surface area contributed by atoms with Crippen molar-refractivity contribution in [2.24, 2.45) is 0 Å². The zero-order valence-electron chi connectivity index (χ0n) is 7.51. The molecule has 4 nitrogen and oxygen atoms in total. The van der Waals surface area contributed by atoms with Gasteiger partial charge >= 0.3 is 11.9 Å². The van der Waals surface area contributed by atoms with Gasteiger partial charge in [0.1, 0.15) is 5.75 Å². The van der Waals surface area contributed by atoms with E-state index in [-0.39, 0.29) is 0 Å². The highest BCUT2D eigenvalue weighted by atomic mass is 35.5. The molecule has 5 heteroatoms. The number of carboxylic acid groups (broad SMARTS) is 1. The van der Waals surface area contributed by atoms with E-state index >= 15 is 0 Å². The molecule has 1 aromatic carbocycles. The van der Waals surface area contributed by atoms with Gasteiger partial charge in [0.05, 0.1) is 0 Å². The minimum absolute atomic E-state index is 0.305. The number of halogens is 1. The predicted molar refractivity (Wildman–Crippen MR) is 53.9 cm³/mol. The van der Waals surface area contributed by atoms with Gasteiger partial charge in [0.15, 0.2) is 0 Å². The van der Waals surface area contributed by atoms with Crippen LogP contribution in [0.5, 0.6) is 5.75 Å². The van der Waals surface area contributed by atoms with Crippen LogP contribution in [0, 0.1) is 0 Å². The third-order valence-corrected chi connectivity index (χ3v) is 1.65.